The van der Waals surface area contributed by atoms with Crippen LogP contribution in [-0.2, 0) is 9.53 Å². The van der Waals surface area contributed by atoms with Gasteiger partial charge >= 0.3 is 6.09 Å². The van der Waals surface area contributed by atoms with E-state index in [1.165, 1.54) is 7.11 Å². The first-order valence-corrected chi connectivity index (χ1v) is 5.51. The molecule has 0 atom stereocenters. The Hall–Kier alpha value is -2.08. The summed E-state index contributed by atoms with van der Waals surface area (Å²) >= 11 is 0. The van der Waals surface area contributed by atoms with Gasteiger partial charge < -0.3 is 15.2 Å². The molecule has 0 aromatic heterocycles. The lowest BCUT2D eigenvalue weighted by atomic mass is 10.2. The van der Waals surface area contributed by atoms with Gasteiger partial charge in [0.1, 0.15) is 0 Å². The van der Waals surface area contributed by atoms with Crippen molar-refractivity contribution in [3.05, 3.63) is 24.3 Å². The minimum Gasteiger partial charge on any atom is -0.453 e. The van der Waals surface area contributed by atoms with Crippen LogP contribution in [0.5, 0.6) is 0 Å². The van der Waals surface area contributed by atoms with E-state index in [2.05, 4.69) is 15.4 Å². The molecular formula is C12H16N2O4. The molecule has 1 rings (SSSR count). The highest BCUT2D eigenvalue weighted by Gasteiger charge is 2.04. The maximum atomic E-state index is 11.4. The molecule has 0 spiro atoms. The number of hydrogen-bond acceptors (Lipinski definition) is 4. The normalized spacial score (nSPS) is 9.67. The van der Waals surface area contributed by atoms with E-state index >= 15 is 0 Å². The Balaban J connectivity index is 2.59. The largest absolute Gasteiger partial charge is 0.453 e. The zero-order valence-corrected chi connectivity index (χ0v) is 10.1. The van der Waals surface area contributed by atoms with Gasteiger partial charge in [-0.3, -0.25) is 10.1 Å². The summed E-state index contributed by atoms with van der Waals surface area (Å²) < 4.78 is 4.46. The van der Waals surface area contributed by atoms with Gasteiger partial charge in [-0.1, -0.05) is 6.07 Å². The highest BCUT2D eigenvalue weighted by Crippen LogP contribution is 2.15. The van der Waals surface area contributed by atoms with Crippen LogP contribution in [0, 0.1) is 0 Å². The quantitative estimate of drug-likeness (QED) is 0.742. The number of carbonyl (C=O) groups is 2. The summed E-state index contributed by atoms with van der Waals surface area (Å²) in [7, 11) is 1.27. The van der Waals surface area contributed by atoms with Crippen LogP contribution in [0.4, 0.5) is 16.2 Å². The van der Waals surface area contributed by atoms with E-state index in [9.17, 15) is 9.59 Å². The third-order valence-corrected chi connectivity index (χ3v) is 2.14. The molecule has 6 nitrogen and oxygen atoms in total. The first-order valence-electron chi connectivity index (χ1n) is 5.51. The third kappa shape index (κ3) is 4.84. The van der Waals surface area contributed by atoms with Crippen molar-refractivity contribution in [1.82, 2.24) is 0 Å². The Morgan fingerprint density at radius 3 is 2.56 bits per heavy atom. The molecule has 0 radical (unpaired) electrons. The van der Waals surface area contributed by atoms with E-state index < -0.39 is 6.09 Å². The molecule has 1 aromatic carbocycles. The van der Waals surface area contributed by atoms with Crippen LogP contribution < -0.4 is 10.6 Å². The van der Waals surface area contributed by atoms with Gasteiger partial charge in [-0.2, -0.15) is 0 Å². The Bertz CT molecular complexity index is 420. The molecule has 18 heavy (non-hydrogen) atoms. The Morgan fingerprint density at radius 1 is 1.28 bits per heavy atom. The lowest BCUT2D eigenvalue weighted by molar-refractivity contribution is -0.116. The predicted octanol–water partition coefficient (Wildman–Crippen LogP) is 1.58. The third-order valence-electron chi connectivity index (χ3n) is 2.14. The van der Waals surface area contributed by atoms with Crippen LogP contribution in [-0.4, -0.2) is 30.8 Å². The number of hydrogen-bond donors (Lipinski definition) is 3. The maximum absolute atomic E-state index is 11.4. The van der Waals surface area contributed by atoms with Crippen LogP contribution in [0.15, 0.2) is 24.3 Å². The van der Waals surface area contributed by atoms with E-state index in [4.69, 9.17) is 5.11 Å². The standard InChI is InChI=1S/C12H16N2O4/c1-18-12(17)14-10-5-2-4-9(8-10)13-11(16)6-3-7-15/h2,4-5,8,15H,3,6-7H2,1H3,(H,13,16)(H,14,17). The molecule has 98 valence electrons. The summed E-state index contributed by atoms with van der Waals surface area (Å²) in [4.78, 5) is 22.4. The number of amides is 2. The lowest BCUT2D eigenvalue weighted by Crippen LogP contribution is -2.13. The van der Waals surface area contributed by atoms with Crippen molar-refractivity contribution in [1.29, 1.82) is 0 Å². The molecule has 0 saturated heterocycles. The number of ether oxygens (including phenoxy) is 1. The highest BCUT2D eigenvalue weighted by atomic mass is 16.5. The van der Waals surface area contributed by atoms with Crippen LogP contribution in [0.25, 0.3) is 0 Å². The van der Waals surface area contributed by atoms with Crippen LogP contribution in [0.2, 0.25) is 0 Å². The van der Waals surface area contributed by atoms with Gasteiger partial charge in [0.25, 0.3) is 0 Å². The summed E-state index contributed by atoms with van der Waals surface area (Å²) in [5, 5.41) is 13.8. The second-order valence-corrected chi connectivity index (χ2v) is 3.57. The summed E-state index contributed by atoms with van der Waals surface area (Å²) in [6.07, 6.45) is 0.107. The Morgan fingerprint density at radius 2 is 1.94 bits per heavy atom. The Labute approximate surface area is 105 Å². The molecule has 0 fully saturated rings. The molecule has 3 N–H and O–H groups in total. The molecule has 0 aliphatic carbocycles. The average molecular weight is 252 g/mol. The van der Waals surface area contributed by atoms with Crippen LogP contribution in [0.1, 0.15) is 12.8 Å². The smallest absolute Gasteiger partial charge is 0.411 e. The van der Waals surface area contributed by atoms with E-state index in [0.29, 0.717) is 17.8 Å². The van der Waals surface area contributed by atoms with Crippen molar-refractivity contribution < 1.29 is 19.4 Å². The molecule has 2 amide bonds. The number of carbonyl (C=O) groups excluding carboxylic acids is 2. The minimum atomic E-state index is -0.571. The van der Waals surface area contributed by atoms with E-state index in [1.54, 1.807) is 24.3 Å². The first kappa shape index (κ1) is 14.0. The molecular weight excluding hydrogens is 236 g/mol. The van der Waals surface area contributed by atoms with E-state index in [-0.39, 0.29) is 18.9 Å². The number of benzene rings is 1. The number of rotatable bonds is 5. The lowest BCUT2D eigenvalue weighted by Gasteiger charge is -2.07. The van der Waals surface area contributed by atoms with Crippen molar-refractivity contribution >= 4 is 23.4 Å². The molecule has 1 aromatic rings. The zero-order valence-electron chi connectivity index (χ0n) is 10.1. The van der Waals surface area contributed by atoms with Gasteiger partial charge in [0.05, 0.1) is 7.11 Å². The number of anilines is 2. The molecule has 0 aliphatic rings. The summed E-state index contributed by atoms with van der Waals surface area (Å²) in [6, 6.07) is 6.71. The highest BCUT2D eigenvalue weighted by molar-refractivity contribution is 5.92. The molecule has 6 heteroatoms. The summed E-state index contributed by atoms with van der Waals surface area (Å²) in [6.45, 7) is -0.0165. The minimum absolute atomic E-state index is 0.0165. The van der Waals surface area contributed by atoms with Gasteiger partial charge in [-0.05, 0) is 24.6 Å². The second-order valence-electron chi connectivity index (χ2n) is 3.57. The van der Waals surface area contributed by atoms with E-state index in [1.807, 2.05) is 0 Å². The predicted molar refractivity (Wildman–Crippen MR) is 67.4 cm³/mol. The fourth-order valence-corrected chi connectivity index (χ4v) is 1.31. The molecule has 0 bridgehead atoms. The number of aliphatic hydroxyl groups is 1. The van der Waals surface area contributed by atoms with Gasteiger partial charge in [-0.25, -0.2) is 4.79 Å². The SMILES string of the molecule is COC(=O)Nc1cccc(NC(=O)CCCO)c1. The molecule has 0 aliphatic heterocycles. The molecule has 0 saturated carbocycles. The number of nitrogens with one attached hydrogen (secondary N) is 2. The van der Waals surface area contributed by atoms with Gasteiger partial charge in [0.2, 0.25) is 5.91 Å². The topological polar surface area (TPSA) is 87.7 Å². The fourth-order valence-electron chi connectivity index (χ4n) is 1.31. The average Bonchev–Trinajstić information content (AvgIpc) is 2.36. The van der Waals surface area contributed by atoms with Crippen LogP contribution >= 0.6 is 0 Å². The van der Waals surface area contributed by atoms with Crippen LogP contribution in [0.3, 0.4) is 0 Å². The maximum Gasteiger partial charge on any atom is 0.411 e. The van der Waals surface area contributed by atoms with Gasteiger partial charge in [0, 0.05) is 24.4 Å². The van der Waals surface area contributed by atoms with Crippen molar-refractivity contribution in [3.63, 3.8) is 0 Å². The monoisotopic (exact) mass is 252 g/mol. The number of aliphatic hydroxyl groups excluding tert-OH is 1. The van der Waals surface area contributed by atoms with Crippen molar-refractivity contribution in [2.45, 2.75) is 12.8 Å². The summed E-state index contributed by atoms with van der Waals surface area (Å²) in [5.41, 5.74) is 1.11. The van der Waals surface area contributed by atoms with E-state index in [0.717, 1.165) is 0 Å². The summed E-state index contributed by atoms with van der Waals surface area (Å²) in [5.74, 6) is -0.181. The second kappa shape index (κ2) is 7.29. The number of methoxy groups -OCH3 is 1. The first-order chi connectivity index (χ1) is 8.65. The molecule has 0 unspecified atom stereocenters. The Kier molecular flexibility index (Phi) is 5.66. The fraction of sp³-hybridized carbons (Fsp3) is 0.333. The van der Waals surface area contributed by atoms with Crippen molar-refractivity contribution in [3.8, 4) is 0 Å². The van der Waals surface area contributed by atoms with Gasteiger partial charge in [-0.15, -0.1) is 0 Å². The van der Waals surface area contributed by atoms with Crippen molar-refractivity contribution in [2.24, 2.45) is 0 Å². The van der Waals surface area contributed by atoms with Crippen molar-refractivity contribution in [2.75, 3.05) is 24.4 Å². The zero-order chi connectivity index (χ0) is 13.4. The molecule has 0 heterocycles. The van der Waals surface area contributed by atoms with Gasteiger partial charge in [0.15, 0.2) is 0 Å².